The largest absolute Gasteiger partial charge is 0.497 e. The van der Waals surface area contributed by atoms with Crippen LogP contribution in [0.3, 0.4) is 0 Å². The Morgan fingerprint density at radius 2 is 1.63 bits per heavy atom. The Morgan fingerprint density at radius 3 is 2.40 bits per heavy atom. The molecule has 1 aliphatic carbocycles. The van der Waals surface area contributed by atoms with Gasteiger partial charge in [0.1, 0.15) is 16.9 Å². The molecule has 0 saturated carbocycles. The highest BCUT2D eigenvalue weighted by Gasteiger charge is 2.27. The van der Waals surface area contributed by atoms with Gasteiger partial charge in [-0.15, -0.1) is 10.2 Å². The number of hydrogen-bond donors (Lipinski definition) is 1. The van der Waals surface area contributed by atoms with Gasteiger partial charge in [-0.3, -0.25) is 4.90 Å². The second-order valence-corrected chi connectivity index (χ2v) is 9.48. The Balaban J connectivity index is 1.26. The van der Waals surface area contributed by atoms with Gasteiger partial charge in [0.2, 0.25) is 0 Å². The van der Waals surface area contributed by atoms with Crippen molar-refractivity contribution in [3.63, 3.8) is 0 Å². The number of nitrogens with zero attached hydrogens (tertiary/aromatic N) is 6. The number of aromatic nitrogens is 3. The van der Waals surface area contributed by atoms with Crippen LogP contribution < -0.4 is 20.7 Å². The van der Waals surface area contributed by atoms with E-state index >= 15 is 0 Å². The summed E-state index contributed by atoms with van der Waals surface area (Å²) in [4.78, 5) is 4.96. The van der Waals surface area contributed by atoms with Gasteiger partial charge < -0.3 is 15.1 Å². The molecule has 6 rings (SSSR count). The number of ether oxygens (including phenoxy) is 1. The molecule has 1 N–H and O–H groups in total. The number of hydrogen-bond acceptors (Lipinski definition) is 8. The number of rotatable bonds is 6. The molecule has 8 nitrogen and oxygen atoms in total. The van der Waals surface area contributed by atoms with Crippen LogP contribution >= 0.6 is 0 Å². The van der Waals surface area contributed by atoms with Gasteiger partial charge in [0.25, 0.3) is 0 Å². The van der Waals surface area contributed by atoms with Gasteiger partial charge in [-0.2, -0.15) is 0 Å². The molecule has 1 fully saturated rings. The van der Waals surface area contributed by atoms with Crippen molar-refractivity contribution in [3.8, 4) is 5.75 Å². The molecule has 35 heavy (non-hydrogen) atoms. The van der Waals surface area contributed by atoms with Crippen molar-refractivity contribution in [1.82, 2.24) is 35.6 Å². The fourth-order valence-electron chi connectivity index (χ4n) is 5.33. The van der Waals surface area contributed by atoms with Gasteiger partial charge in [0, 0.05) is 51.0 Å². The summed E-state index contributed by atoms with van der Waals surface area (Å²) in [5, 5.41) is 17.5. The summed E-state index contributed by atoms with van der Waals surface area (Å²) in [5.74, 6) is 1.93. The normalized spacial score (nSPS) is 18.3. The van der Waals surface area contributed by atoms with E-state index in [4.69, 9.17) is 4.74 Å². The Labute approximate surface area is 205 Å². The Hall–Kier alpha value is -3.49. The lowest BCUT2D eigenvalue weighted by Gasteiger charge is -2.38. The number of hydrazine groups is 1. The summed E-state index contributed by atoms with van der Waals surface area (Å²) >= 11 is 0. The molecular weight excluding hydrogens is 438 g/mol. The summed E-state index contributed by atoms with van der Waals surface area (Å²) in [6.07, 6.45) is 1.96. The van der Waals surface area contributed by atoms with E-state index in [-0.39, 0.29) is 0 Å². The predicted octanol–water partition coefficient (Wildman–Crippen LogP) is 0.881. The van der Waals surface area contributed by atoms with E-state index < -0.39 is 0 Å². The first-order chi connectivity index (χ1) is 17.3. The minimum absolute atomic E-state index is 0.787. The van der Waals surface area contributed by atoms with Gasteiger partial charge in [0.15, 0.2) is 0 Å². The van der Waals surface area contributed by atoms with E-state index in [9.17, 15) is 0 Å². The molecule has 3 aliphatic rings. The molecule has 2 aliphatic heterocycles. The van der Waals surface area contributed by atoms with Crippen molar-refractivity contribution in [2.45, 2.75) is 25.9 Å². The smallest absolute Gasteiger partial charge is 0.145 e. The zero-order valence-corrected chi connectivity index (χ0v) is 20.2. The molecule has 3 heterocycles. The van der Waals surface area contributed by atoms with E-state index in [0.717, 1.165) is 81.3 Å². The molecular formula is C27H31N7O. The van der Waals surface area contributed by atoms with Gasteiger partial charge in [0.05, 0.1) is 12.8 Å². The molecule has 0 bridgehead atoms. The fraction of sp³-hybridized carbons (Fsp3) is 0.370. The molecule has 0 spiro atoms. The monoisotopic (exact) mass is 469 g/mol. The van der Waals surface area contributed by atoms with Crippen LogP contribution in [0.4, 0.5) is 0 Å². The Kier molecular flexibility index (Phi) is 6.06. The van der Waals surface area contributed by atoms with E-state index in [0.29, 0.717) is 0 Å². The average Bonchev–Trinajstić information content (AvgIpc) is 3.24. The number of piperazine rings is 1. The maximum atomic E-state index is 5.34. The molecule has 8 heteroatoms. The molecule has 0 amide bonds. The summed E-state index contributed by atoms with van der Waals surface area (Å²) < 4.78 is 5.34. The van der Waals surface area contributed by atoms with Crippen LogP contribution in [-0.4, -0.2) is 70.1 Å². The van der Waals surface area contributed by atoms with Gasteiger partial charge >= 0.3 is 0 Å². The molecule has 0 radical (unpaired) electrons. The van der Waals surface area contributed by atoms with E-state index in [1.807, 2.05) is 12.1 Å². The molecule has 0 unspecified atom stereocenters. The zero-order chi connectivity index (χ0) is 23.6. The van der Waals surface area contributed by atoms with Crippen LogP contribution in [0, 0.1) is 0 Å². The maximum Gasteiger partial charge on any atom is 0.145 e. The summed E-state index contributed by atoms with van der Waals surface area (Å²) in [6, 6.07) is 19.0. The van der Waals surface area contributed by atoms with Gasteiger partial charge in [-0.05, 0) is 46.9 Å². The number of aryl methyl sites for hydroxylation is 1. The lowest BCUT2D eigenvalue weighted by atomic mass is 10.2. The van der Waals surface area contributed by atoms with Gasteiger partial charge in [-0.1, -0.05) is 42.5 Å². The molecule has 3 aromatic rings. The van der Waals surface area contributed by atoms with Crippen molar-refractivity contribution in [2.75, 3.05) is 39.8 Å². The maximum absolute atomic E-state index is 5.34. The highest BCUT2D eigenvalue weighted by Crippen LogP contribution is 2.19. The van der Waals surface area contributed by atoms with Crippen molar-refractivity contribution in [1.29, 1.82) is 0 Å². The number of nitrogens with one attached hydrogen (secondary N) is 1. The van der Waals surface area contributed by atoms with Crippen LogP contribution in [0.25, 0.3) is 11.4 Å². The van der Waals surface area contributed by atoms with E-state index in [1.165, 1.54) is 21.9 Å². The molecule has 1 aromatic heterocycles. The minimum atomic E-state index is 0.787. The Bertz CT molecular complexity index is 1300. The van der Waals surface area contributed by atoms with Gasteiger partial charge in [-0.25, -0.2) is 5.01 Å². The van der Waals surface area contributed by atoms with Crippen molar-refractivity contribution < 1.29 is 4.74 Å². The van der Waals surface area contributed by atoms with Crippen LogP contribution in [0.2, 0.25) is 0 Å². The SMILES string of the molecule is COc1ccc(CN2CC3=c4c(nnnc4=C(N4CCN(Cc5ccccc5)CC4)N2)CC3)cc1. The molecule has 180 valence electrons. The van der Waals surface area contributed by atoms with Crippen molar-refractivity contribution in [2.24, 2.45) is 0 Å². The van der Waals surface area contributed by atoms with Crippen LogP contribution in [0.1, 0.15) is 23.2 Å². The zero-order valence-electron chi connectivity index (χ0n) is 20.2. The Morgan fingerprint density at radius 1 is 0.857 bits per heavy atom. The van der Waals surface area contributed by atoms with Crippen molar-refractivity contribution in [3.05, 3.63) is 82.0 Å². The van der Waals surface area contributed by atoms with Crippen LogP contribution in [-0.2, 0) is 19.5 Å². The first-order valence-electron chi connectivity index (χ1n) is 12.4. The third-order valence-corrected chi connectivity index (χ3v) is 7.19. The summed E-state index contributed by atoms with van der Waals surface area (Å²) in [6.45, 7) is 6.53. The summed E-state index contributed by atoms with van der Waals surface area (Å²) in [5.41, 5.74) is 8.83. The second kappa shape index (κ2) is 9.64. The highest BCUT2D eigenvalue weighted by atomic mass is 16.5. The third-order valence-electron chi connectivity index (χ3n) is 7.19. The van der Waals surface area contributed by atoms with E-state index in [1.54, 1.807) is 7.11 Å². The van der Waals surface area contributed by atoms with Crippen LogP contribution in [0.5, 0.6) is 5.75 Å². The highest BCUT2D eigenvalue weighted by molar-refractivity contribution is 5.56. The molecule has 0 atom stereocenters. The number of methoxy groups -OCH3 is 1. The molecule has 1 saturated heterocycles. The first-order valence-corrected chi connectivity index (χ1v) is 12.4. The number of benzene rings is 2. The fourth-order valence-corrected chi connectivity index (χ4v) is 5.33. The third kappa shape index (κ3) is 4.59. The van der Waals surface area contributed by atoms with Crippen molar-refractivity contribution >= 4 is 11.4 Å². The second-order valence-electron chi connectivity index (χ2n) is 9.48. The quantitative estimate of drug-likeness (QED) is 0.571. The minimum Gasteiger partial charge on any atom is -0.497 e. The van der Waals surface area contributed by atoms with E-state index in [2.05, 4.69) is 78.1 Å². The predicted molar refractivity (Wildman–Crippen MR) is 134 cm³/mol. The first kappa shape index (κ1) is 22.0. The topological polar surface area (TPSA) is 69.7 Å². The van der Waals surface area contributed by atoms with Crippen LogP contribution in [0.15, 0.2) is 54.6 Å². The average molecular weight is 470 g/mol. The molecule has 2 aromatic carbocycles. The lowest BCUT2D eigenvalue weighted by molar-refractivity contribution is 0.147. The standard InChI is InChI=1S/C27H31N7O/c1-35-23-10-7-21(8-11-23)18-34-19-22-9-12-24-25(22)26(29-31-28-24)27(30-34)33-15-13-32(14-16-33)17-20-5-3-2-4-6-20/h2-8,10-11,30H,9,12-19H2,1H3. The summed E-state index contributed by atoms with van der Waals surface area (Å²) in [7, 11) is 1.70. The lowest BCUT2D eigenvalue weighted by Crippen LogP contribution is -2.52.